The largest absolute Gasteiger partial charge is 0.478 e. The van der Waals surface area contributed by atoms with Crippen LogP contribution in [0.3, 0.4) is 0 Å². The first-order chi connectivity index (χ1) is 34.3. The molecular formula is C51H62F3N9O8S. The molecule has 1 atom stereocenters. The van der Waals surface area contributed by atoms with E-state index in [1.165, 1.54) is 30.4 Å². The zero-order valence-corrected chi connectivity index (χ0v) is 41.7. The van der Waals surface area contributed by atoms with E-state index >= 15 is 0 Å². The van der Waals surface area contributed by atoms with E-state index in [1.807, 2.05) is 21.8 Å². The van der Waals surface area contributed by atoms with Gasteiger partial charge in [0.2, 0.25) is 5.82 Å². The van der Waals surface area contributed by atoms with Crippen LogP contribution < -0.4 is 24.4 Å². The Labute approximate surface area is 416 Å². The molecule has 4 N–H and O–H groups in total. The van der Waals surface area contributed by atoms with Crippen molar-refractivity contribution >= 4 is 44.2 Å². The van der Waals surface area contributed by atoms with Gasteiger partial charge in [-0.05, 0) is 98.8 Å². The number of methoxy groups -OCH3 is 1. The van der Waals surface area contributed by atoms with Gasteiger partial charge in [-0.2, -0.15) is 4.98 Å². The summed E-state index contributed by atoms with van der Waals surface area (Å²) in [5.41, 5.74) is 1.81. The Morgan fingerprint density at radius 1 is 1.03 bits per heavy atom. The molecule has 5 aromatic rings. The number of fused-ring (bicyclic) bond motifs is 1. The van der Waals surface area contributed by atoms with Crippen LogP contribution in [-0.4, -0.2) is 120 Å². The number of carbonyl (C=O) groups is 1. The second-order valence-electron chi connectivity index (χ2n) is 20.6. The van der Waals surface area contributed by atoms with E-state index in [-0.39, 0.29) is 69.6 Å². The smallest absolute Gasteiger partial charge is 0.312 e. The maximum absolute atomic E-state index is 14.9. The number of pyridine rings is 2. The van der Waals surface area contributed by atoms with Crippen molar-refractivity contribution in [3.8, 4) is 17.4 Å². The van der Waals surface area contributed by atoms with Crippen LogP contribution >= 0.6 is 0 Å². The molecule has 1 amide bonds. The lowest BCUT2D eigenvalue weighted by atomic mass is 9.59. The summed E-state index contributed by atoms with van der Waals surface area (Å²) in [6.45, 7) is 9.35. The Morgan fingerprint density at radius 3 is 2.46 bits per heavy atom. The molecule has 4 fully saturated rings. The summed E-state index contributed by atoms with van der Waals surface area (Å²) >= 11 is 0. The molecule has 2 aromatic carbocycles. The molecule has 0 unspecified atom stereocenters. The van der Waals surface area contributed by atoms with E-state index < -0.39 is 49.3 Å². The Morgan fingerprint density at radius 2 is 1.76 bits per heavy atom. The summed E-state index contributed by atoms with van der Waals surface area (Å²) in [5, 5.41) is 25.6. The van der Waals surface area contributed by atoms with Crippen LogP contribution in [0.2, 0.25) is 0 Å². The van der Waals surface area contributed by atoms with E-state index in [9.17, 15) is 41.6 Å². The van der Waals surface area contributed by atoms with E-state index in [4.69, 9.17) is 9.47 Å². The molecular weight excluding hydrogens is 956 g/mol. The number of alkyl halides is 2. The molecule has 0 bridgehead atoms. The number of hydrogen-bond donors (Lipinski definition) is 4. The van der Waals surface area contributed by atoms with Crippen LogP contribution in [0.1, 0.15) is 106 Å². The molecule has 5 heterocycles. The molecule has 1 spiro atoms. The first kappa shape index (κ1) is 50.9. The minimum Gasteiger partial charge on any atom is -0.478 e. The van der Waals surface area contributed by atoms with Crippen molar-refractivity contribution in [1.29, 1.82) is 0 Å². The number of sulfonamides is 1. The van der Waals surface area contributed by atoms with Gasteiger partial charge in [0.25, 0.3) is 28.2 Å². The summed E-state index contributed by atoms with van der Waals surface area (Å²) in [6, 6.07) is 15.6. The second kappa shape index (κ2) is 20.5. The van der Waals surface area contributed by atoms with Gasteiger partial charge < -0.3 is 29.8 Å². The summed E-state index contributed by atoms with van der Waals surface area (Å²) in [6.07, 6.45) is 5.93. The molecule has 17 nitrogen and oxygen atoms in total. The van der Waals surface area contributed by atoms with E-state index in [1.54, 1.807) is 19.1 Å². The third kappa shape index (κ3) is 10.8. The van der Waals surface area contributed by atoms with Gasteiger partial charge in [-0.3, -0.25) is 24.7 Å². The maximum atomic E-state index is 14.9. The number of piperidine rings is 1. The van der Waals surface area contributed by atoms with Gasteiger partial charge in [0.15, 0.2) is 5.75 Å². The van der Waals surface area contributed by atoms with Crippen molar-refractivity contribution in [3.05, 3.63) is 99.6 Å². The molecule has 2 saturated heterocycles. The van der Waals surface area contributed by atoms with Crippen LogP contribution in [-0.2, 0) is 10.0 Å². The lowest BCUT2D eigenvalue weighted by Gasteiger charge is -2.58. The number of piperazine rings is 1. The van der Waals surface area contributed by atoms with Crippen LogP contribution in [0.15, 0.2) is 71.9 Å². The zero-order valence-electron chi connectivity index (χ0n) is 40.9. The average molecular weight is 1020 g/mol. The minimum absolute atomic E-state index is 0.00145. The molecule has 21 heteroatoms. The number of nitro groups is 1. The van der Waals surface area contributed by atoms with Crippen LogP contribution in [0.25, 0.3) is 11.0 Å². The quantitative estimate of drug-likeness (QED) is 0.0538. The van der Waals surface area contributed by atoms with Gasteiger partial charge in [-0.1, -0.05) is 38.1 Å². The number of aromatic nitrogens is 3. The number of H-pyrrole nitrogens is 1. The standard InChI is InChI=1S/C51H62F3N9O8S/c1-31(2)36-7-5-6-8-37(36)42-29-60(30-45(53)54)19-20-62(42)34-24-51(25-34)15-17-61(18-16-51)33-9-10-38(43(21-33)71-44-23-39-40(52)28-57-46(39)58-49(44)70-4)48(64)59-72(68,69)35-22-41(63(66)67)47(56-27-35)55-26-32-11-13-50(3,65)14-12-32/h5-10,21-23,27-28,31-32,34,42,45,65H,11-20,24-26,29-30H2,1-4H3,(H,55,56)(H,57,58)(H,59,64)/t32?,42-,50?/m0/s1. The Balaban J connectivity index is 0.928. The zero-order chi connectivity index (χ0) is 51.1. The summed E-state index contributed by atoms with van der Waals surface area (Å²) in [7, 11) is -3.41. The normalized spacial score (nSPS) is 22.1. The highest BCUT2D eigenvalue weighted by Crippen LogP contribution is 2.53. The monoisotopic (exact) mass is 1020 g/mol. The predicted octanol–water partition coefficient (Wildman–Crippen LogP) is 8.77. The highest BCUT2D eigenvalue weighted by atomic mass is 32.2. The molecule has 9 rings (SSSR count). The highest BCUT2D eigenvalue weighted by Gasteiger charge is 2.50. The number of anilines is 2. The van der Waals surface area contributed by atoms with Crippen LogP contribution in [0.5, 0.6) is 17.4 Å². The lowest BCUT2D eigenvalue weighted by Crippen LogP contribution is -2.60. The van der Waals surface area contributed by atoms with Crippen molar-refractivity contribution in [2.45, 2.75) is 107 Å². The van der Waals surface area contributed by atoms with Gasteiger partial charge in [0.05, 0.1) is 41.3 Å². The predicted molar refractivity (Wildman–Crippen MR) is 265 cm³/mol. The van der Waals surface area contributed by atoms with Gasteiger partial charge in [0, 0.05) is 81.4 Å². The Bertz CT molecular complexity index is 2910. The van der Waals surface area contributed by atoms with Gasteiger partial charge in [-0.15, -0.1) is 0 Å². The first-order valence-corrected chi connectivity index (χ1v) is 26.1. The Hall–Kier alpha value is -6.03. The minimum atomic E-state index is -4.76. The molecule has 386 valence electrons. The number of amides is 1. The molecule has 72 heavy (non-hydrogen) atoms. The van der Waals surface area contributed by atoms with Gasteiger partial charge in [0.1, 0.15) is 22.1 Å². The Kier molecular flexibility index (Phi) is 14.5. The van der Waals surface area contributed by atoms with Gasteiger partial charge >= 0.3 is 5.69 Å². The number of aromatic amines is 1. The number of nitrogens with zero attached hydrogens (tertiary/aromatic N) is 6. The molecule has 2 saturated carbocycles. The van der Waals surface area contributed by atoms with Crippen molar-refractivity contribution in [2.24, 2.45) is 11.3 Å². The topological polar surface area (TPSA) is 208 Å². The average Bonchev–Trinajstić information content (AvgIpc) is 3.70. The van der Waals surface area contributed by atoms with Crippen molar-refractivity contribution in [1.82, 2.24) is 29.5 Å². The second-order valence-corrected chi connectivity index (χ2v) is 22.3. The number of halogens is 3. The van der Waals surface area contributed by atoms with Gasteiger partial charge in [-0.25, -0.2) is 31.3 Å². The number of hydrogen-bond acceptors (Lipinski definition) is 14. The highest BCUT2D eigenvalue weighted by molar-refractivity contribution is 7.90. The molecule has 3 aromatic heterocycles. The fraction of sp³-hybridized carbons (Fsp3) is 0.510. The number of nitrogens with one attached hydrogen (secondary N) is 3. The van der Waals surface area contributed by atoms with E-state index in [0.717, 1.165) is 44.1 Å². The summed E-state index contributed by atoms with van der Waals surface area (Å²) < 4.78 is 83.6. The lowest BCUT2D eigenvalue weighted by molar-refractivity contribution is -0.384. The molecule has 2 aliphatic carbocycles. The van der Waals surface area contributed by atoms with Crippen molar-refractivity contribution in [2.75, 3.05) is 63.1 Å². The molecule has 4 aliphatic rings. The SMILES string of the molecule is COc1nc2[nH]cc(F)c2cc1Oc1cc(N2CCC3(CC2)CC(N2CCN(CC(F)F)C[C@H]2c2ccccc2C(C)C)C3)ccc1C(=O)NS(=O)(=O)c1cnc(NCC2CCC(C)(O)CC2)c([N+](=O)[O-])c1. The number of rotatable bonds is 16. The van der Waals surface area contributed by atoms with E-state index in [2.05, 4.69) is 56.0 Å². The fourth-order valence-electron chi connectivity index (χ4n) is 11.2. The number of ether oxygens (including phenoxy) is 2. The first-order valence-electron chi connectivity index (χ1n) is 24.6. The summed E-state index contributed by atoms with van der Waals surface area (Å²) in [4.78, 5) is 42.7. The third-order valence-electron chi connectivity index (χ3n) is 15.4. The number of aliphatic hydroxyl groups is 1. The van der Waals surface area contributed by atoms with E-state index in [0.29, 0.717) is 76.7 Å². The van der Waals surface area contributed by atoms with Crippen molar-refractivity contribution < 1.29 is 45.9 Å². The molecule has 2 aliphatic heterocycles. The van der Waals surface area contributed by atoms with Crippen LogP contribution in [0, 0.1) is 27.3 Å². The van der Waals surface area contributed by atoms with Crippen molar-refractivity contribution in [3.63, 3.8) is 0 Å². The maximum Gasteiger partial charge on any atom is 0.312 e. The number of benzene rings is 2. The molecule has 0 radical (unpaired) electrons. The fourth-order valence-corrected chi connectivity index (χ4v) is 12.2. The summed E-state index contributed by atoms with van der Waals surface area (Å²) in [5.74, 6) is -1.64. The number of carbonyl (C=O) groups excluding carboxylic acids is 1. The third-order valence-corrected chi connectivity index (χ3v) is 16.7. The van der Waals surface area contributed by atoms with Crippen LogP contribution in [0.4, 0.5) is 30.4 Å².